The maximum Gasteiger partial charge on any atom is 0.183 e. The lowest BCUT2D eigenvalue weighted by molar-refractivity contribution is 0.565. The summed E-state index contributed by atoms with van der Waals surface area (Å²) in [4.78, 5) is 5.00. The molecule has 1 heterocycles. The van der Waals surface area contributed by atoms with Gasteiger partial charge in [-0.3, -0.25) is 0 Å². The molecule has 0 saturated heterocycles. The quantitative estimate of drug-likeness (QED) is 0.876. The fourth-order valence-electron chi connectivity index (χ4n) is 2.48. The van der Waals surface area contributed by atoms with Gasteiger partial charge in [0, 0.05) is 27.7 Å². The van der Waals surface area contributed by atoms with E-state index >= 15 is 0 Å². The summed E-state index contributed by atoms with van der Waals surface area (Å²) >= 11 is 7.21. The summed E-state index contributed by atoms with van der Waals surface area (Å²) in [7, 11) is 0. The van der Waals surface area contributed by atoms with E-state index in [1.165, 1.54) is 11.3 Å². The maximum atomic E-state index is 14.3. The molecule has 1 aliphatic rings. The lowest BCUT2D eigenvalue weighted by Crippen LogP contribution is -2.13. The molecule has 0 atom stereocenters. The van der Waals surface area contributed by atoms with Crippen molar-refractivity contribution >= 4 is 34.7 Å². The molecule has 0 spiro atoms. The number of allylic oxidation sites excluding steroid dienone is 1. The number of rotatable bonds is 3. The topological polar surface area (TPSA) is 24.9 Å². The van der Waals surface area contributed by atoms with E-state index in [1.54, 1.807) is 12.3 Å². The van der Waals surface area contributed by atoms with Crippen molar-refractivity contribution in [2.75, 3.05) is 5.32 Å². The SMILES string of the molecule is CC1(C)C=Cc2cc(NCc3cnc(Cl)s3)cc(F)c21. The van der Waals surface area contributed by atoms with Crippen LogP contribution in [0.3, 0.4) is 0 Å². The van der Waals surface area contributed by atoms with Gasteiger partial charge in [0.2, 0.25) is 0 Å². The van der Waals surface area contributed by atoms with Gasteiger partial charge in [-0.1, -0.05) is 37.6 Å². The second kappa shape index (κ2) is 4.86. The Morgan fingerprint density at radius 1 is 1.40 bits per heavy atom. The van der Waals surface area contributed by atoms with Gasteiger partial charge in [0.1, 0.15) is 5.82 Å². The van der Waals surface area contributed by atoms with Gasteiger partial charge >= 0.3 is 0 Å². The molecule has 1 aromatic heterocycles. The number of halogens is 2. The molecule has 20 heavy (non-hydrogen) atoms. The second-order valence-electron chi connectivity index (χ2n) is 5.41. The number of benzene rings is 1. The van der Waals surface area contributed by atoms with Gasteiger partial charge in [0.25, 0.3) is 0 Å². The van der Waals surface area contributed by atoms with Crippen LogP contribution in [0.2, 0.25) is 4.47 Å². The third-order valence-corrected chi connectivity index (χ3v) is 4.55. The molecule has 0 aliphatic heterocycles. The lowest BCUT2D eigenvalue weighted by Gasteiger charge is -2.19. The lowest BCUT2D eigenvalue weighted by atomic mass is 9.86. The summed E-state index contributed by atoms with van der Waals surface area (Å²) in [6, 6.07) is 3.53. The van der Waals surface area contributed by atoms with Gasteiger partial charge in [-0.15, -0.1) is 11.3 Å². The molecule has 0 radical (unpaired) electrons. The zero-order valence-electron chi connectivity index (χ0n) is 11.2. The van der Waals surface area contributed by atoms with Crippen molar-refractivity contribution < 1.29 is 4.39 Å². The molecular weight excluding hydrogens is 295 g/mol. The molecule has 0 bridgehead atoms. The van der Waals surface area contributed by atoms with Crippen molar-refractivity contribution in [3.8, 4) is 0 Å². The number of fused-ring (bicyclic) bond motifs is 1. The Bertz CT molecular complexity index is 691. The molecule has 1 aliphatic carbocycles. The Morgan fingerprint density at radius 3 is 2.90 bits per heavy atom. The van der Waals surface area contributed by atoms with Gasteiger partial charge in [0.15, 0.2) is 4.47 Å². The van der Waals surface area contributed by atoms with Gasteiger partial charge in [0.05, 0.1) is 6.54 Å². The maximum absolute atomic E-state index is 14.3. The smallest absolute Gasteiger partial charge is 0.183 e. The first-order valence-electron chi connectivity index (χ1n) is 6.33. The van der Waals surface area contributed by atoms with Crippen LogP contribution < -0.4 is 5.32 Å². The van der Waals surface area contributed by atoms with Crippen molar-refractivity contribution in [1.29, 1.82) is 0 Å². The highest BCUT2D eigenvalue weighted by Crippen LogP contribution is 2.38. The van der Waals surface area contributed by atoms with Crippen LogP contribution in [0.25, 0.3) is 6.08 Å². The van der Waals surface area contributed by atoms with Gasteiger partial charge in [-0.25, -0.2) is 9.37 Å². The first kappa shape index (κ1) is 13.6. The van der Waals surface area contributed by atoms with E-state index in [-0.39, 0.29) is 11.2 Å². The minimum atomic E-state index is -0.233. The standard InChI is InChI=1S/C15H14ClFN2S/c1-15(2)4-3-9-5-10(6-12(17)13(9)15)18-7-11-8-19-14(16)20-11/h3-6,8,18H,7H2,1-2H3. The third kappa shape index (κ3) is 2.45. The molecule has 0 amide bonds. The molecule has 104 valence electrons. The summed E-state index contributed by atoms with van der Waals surface area (Å²) in [6.45, 7) is 4.63. The summed E-state index contributed by atoms with van der Waals surface area (Å²) in [5.74, 6) is -0.165. The number of nitrogens with one attached hydrogen (secondary N) is 1. The van der Waals surface area contributed by atoms with E-state index in [9.17, 15) is 4.39 Å². The number of hydrogen-bond acceptors (Lipinski definition) is 3. The van der Waals surface area contributed by atoms with Crippen LogP contribution in [-0.4, -0.2) is 4.98 Å². The van der Waals surface area contributed by atoms with Crippen LogP contribution in [0, 0.1) is 5.82 Å². The third-order valence-electron chi connectivity index (χ3n) is 3.44. The highest BCUT2D eigenvalue weighted by atomic mass is 35.5. The highest BCUT2D eigenvalue weighted by Gasteiger charge is 2.28. The summed E-state index contributed by atoms with van der Waals surface area (Å²) in [6.07, 6.45) is 5.74. The van der Waals surface area contributed by atoms with Crippen molar-refractivity contribution in [2.24, 2.45) is 0 Å². The summed E-state index contributed by atoms with van der Waals surface area (Å²) in [5, 5.41) is 3.21. The predicted octanol–water partition coefficient (Wildman–Crippen LogP) is 4.85. The van der Waals surface area contributed by atoms with Crippen molar-refractivity contribution in [1.82, 2.24) is 4.98 Å². The fourth-order valence-corrected chi connectivity index (χ4v) is 3.39. The summed E-state index contributed by atoms with van der Waals surface area (Å²) < 4.78 is 14.8. The van der Waals surface area contributed by atoms with E-state index in [4.69, 9.17) is 11.6 Å². The first-order chi connectivity index (χ1) is 9.45. The Labute approximate surface area is 126 Å². The molecule has 2 aromatic rings. The van der Waals surface area contributed by atoms with Gasteiger partial charge in [-0.05, 0) is 17.7 Å². The van der Waals surface area contributed by atoms with Crippen LogP contribution in [0.15, 0.2) is 24.4 Å². The molecule has 0 saturated carbocycles. The van der Waals surface area contributed by atoms with E-state index in [0.29, 0.717) is 11.0 Å². The number of anilines is 1. The minimum absolute atomic E-state index is 0.165. The molecular formula is C15H14ClFN2S. The Kier molecular flexibility index (Phi) is 3.30. The van der Waals surface area contributed by atoms with Crippen LogP contribution in [0.1, 0.15) is 29.9 Å². The molecule has 2 nitrogen and oxygen atoms in total. The predicted molar refractivity (Wildman–Crippen MR) is 82.9 cm³/mol. The van der Waals surface area contributed by atoms with Crippen LogP contribution in [-0.2, 0) is 12.0 Å². The van der Waals surface area contributed by atoms with Crippen molar-refractivity contribution in [3.05, 3.63) is 50.7 Å². The number of thiazole rings is 1. The Morgan fingerprint density at radius 2 is 2.20 bits per heavy atom. The van der Waals surface area contributed by atoms with E-state index in [1.807, 2.05) is 32.1 Å². The minimum Gasteiger partial charge on any atom is -0.380 e. The molecule has 5 heteroatoms. The fraction of sp³-hybridized carbons (Fsp3) is 0.267. The Hall–Kier alpha value is -1.39. The molecule has 1 N–H and O–H groups in total. The van der Waals surface area contributed by atoms with E-state index in [2.05, 4.69) is 10.3 Å². The molecule has 1 aromatic carbocycles. The number of hydrogen-bond donors (Lipinski definition) is 1. The van der Waals surface area contributed by atoms with Crippen molar-refractivity contribution in [3.63, 3.8) is 0 Å². The highest BCUT2D eigenvalue weighted by molar-refractivity contribution is 7.15. The normalized spacial score (nSPS) is 15.4. The average molecular weight is 309 g/mol. The zero-order valence-corrected chi connectivity index (χ0v) is 12.8. The van der Waals surface area contributed by atoms with Crippen LogP contribution in [0.4, 0.5) is 10.1 Å². The van der Waals surface area contributed by atoms with Crippen LogP contribution in [0.5, 0.6) is 0 Å². The van der Waals surface area contributed by atoms with E-state index in [0.717, 1.165) is 21.7 Å². The van der Waals surface area contributed by atoms with Crippen molar-refractivity contribution in [2.45, 2.75) is 25.8 Å². The van der Waals surface area contributed by atoms with Crippen LogP contribution >= 0.6 is 22.9 Å². The number of aromatic nitrogens is 1. The largest absolute Gasteiger partial charge is 0.380 e. The van der Waals surface area contributed by atoms with Gasteiger partial charge < -0.3 is 5.32 Å². The first-order valence-corrected chi connectivity index (χ1v) is 7.52. The number of nitrogens with zero attached hydrogens (tertiary/aromatic N) is 1. The zero-order chi connectivity index (χ0) is 14.3. The van der Waals surface area contributed by atoms with E-state index < -0.39 is 0 Å². The molecule has 0 unspecified atom stereocenters. The molecule has 3 rings (SSSR count). The van der Waals surface area contributed by atoms with Gasteiger partial charge in [-0.2, -0.15) is 0 Å². The second-order valence-corrected chi connectivity index (χ2v) is 7.11. The Balaban J connectivity index is 1.82. The average Bonchev–Trinajstić information content (AvgIpc) is 2.91. The molecule has 0 fully saturated rings. The monoisotopic (exact) mass is 308 g/mol. The summed E-state index contributed by atoms with van der Waals surface area (Å²) in [5.41, 5.74) is 2.25.